The molecule has 1 fully saturated rings. The van der Waals surface area contributed by atoms with E-state index in [2.05, 4.69) is 16.7 Å². The number of hydrogen-bond donors (Lipinski definition) is 2. The molecule has 7 heteroatoms. The van der Waals surface area contributed by atoms with Crippen LogP contribution < -0.4 is 10.6 Å². The van der Waals surface area contributed by atoms with Crippen molar-refractivity contribution < 1.29 is 14.3 Å². The Balaban J connectivity index is 2.06. The number of carbonyl (C=O) groups is 2. The van der Waals surface area contributed by atoms with Gasteiger partial charge in [-0.15, -0.1) is 0 Å². The summed E-state index contributed by atoms with van der Waals surface area (Å²) in [6.45, 7) is 3.95. The zero-order chi connectivity index (χ0) is 18.8. The van der Waals surface area contributed by atoms with Crippen molar-refractivity contribution in [3.05, 3.63) is 35.9 Å². The Morgan fingerprint density at radius 2 is 1.92 bits per heavy atom. The minimum atomic E-state index is -0.736. The number of benzene rings is 1. The lowest BCUT2D eigenvalue weighted by molar-refractivity contribution is -0.123. The number of rotatable bonds is 7. The van der Waals surface area contributed by atoms with Crippen molar-refractivity contribution in [3.8, 4) is 6.07 Å². The Hall–Kier alpha value is -2.59. The molecule has 26 heavy (non-hydrogen) atoms. The highest BCUT2D eigenvalue weighted by Gasteiger charge is 2.26. The quantitative estimate of drug-likeness (QED) is 0.771. The smallest absolute Gasteiger partial charge is 0.318 e. The Morgan fingerprint density at radius 1 is 1.23 bits per heavy atom. The minimum Gasteiger partial charge on any atom is -0.378 e. The van der Waals surface area contributed by atoms with E-state index in [0.717, 1.165) is 12.0 Å². The van der Waals surface area contributed by atoms with E-state index in [9.17, 15) is 14.9 Å². The summed E-state index contributed by atoms with van der Waals surface area (Å²) in [4.78, 5) is 26.8. The Bertz CT molecular complexity index is 623. The van der Waals surface area contributed by atoms with Gasteiger partial charge >= 0.3 is 6.03 Å². The monoisotopic (exact) mass is 358 g/mol. The van der Waals surface area contributed by atoms with Gasteiger partial charge in [-0.05, 0) is 12.0 Å². The number of ether oxygens (including phenoxy) is 1. The van der Waals surface area contributed by atoms with Crippen LogP contribution in [-0.2, 0) is 16.0 Å². The number of hydrogen-bond acceptors (Lipinski definition) is 4. The average molecular weight is 358 g/mol. The molecule has 0 aliphatic carbocycles. The molecule has 2 rings (SSSR count). The van der Waals surface area contributed by atoms with Crippen molar-refractivity contribution in [1.82, 2.24) is 15.5 Å². The van der Waals surface area contributed by atoms with Gasteiger partial charge in [0.15, 0.2) is 0 Å². The summed E-state index contributed by atoms with van der Waals surface area (Å²) < 4.78 is 5.26. The first kappa shape index (κ1) is 19.7. The Morgan fingerprint density at radius 3 is 2.54 bits per heavy atom. The van der Waals surface area contributed by atoms with Crippen LogP contribution in [0.4, 0.5) is 4.79 Å². The van der Waals surface area contributed by atoms with Gasteiger partial charge in [0.25, 0.3) is 0 Å². The number of amides is 3. The van der Waals surface area contributed by atoms with Crippen LogP contribution in [0.1, 0.15) is 25.3 Å². The fourth-order valence-electron chi connectivity index (χ4n) is 2.80. The van der Waals surface area contributed by atoms with Gasteiger partial charge in [-0.2, -0.15) is 5.26 Å². The van der Waals surface area contributed by atoms with Gasteiger partial charge in [-0.1, -0.05) is 43.7 Å². The zero-order valence-corrected chi connectivity index (χ0v) is 15.1. The van der Waals surface area contributed by atoms with Crippen LogP contribution >= 0.6 is 0 Å². The summed E-state index contributed by atoms with van der Waals surface area (Å²) in [5, 5.41) is 14.7. The predicted molar refractivity (Wildman–Crippen MR) is 97.3 cm³/mol. The third-order valence-electron chi connectivity index (χ3n) is 4.24. The molecule has 2 atom stereocenters. The summed E-state index contributed by atoms with van der Waals surface area (Å²) in [6.07, 6.45) is 1.74. The number of urea groups is 1. The molecule has 0 saturated carbocycles. The molecule has 3 amide bonds. The maximum absolute atomic E-state index is 12.7. The van der Waals surface area contributed by atoms with Crippen LogP contribution in [0.5, 0.6) is 0 Å². The van der Waals surface area contributed by atoms with E-state index in [-0.39, 0.29) is 11.9 Å². The molecule has 0 radical (unpaired) electrons. The van der Waals surface area contributed by atoms with E-state index in [1.807, 2.05) is 37.3 Å². The first-order valence-electron chi connectivity index (χ1n) is 9.01. The van der Waals surface area contributed by atoms with Gasteiger partial charge < -0.3 is 20.3 Å². The van der Waals surface area contributed by atoms with Gasteiger partial charge in [-0.3, -0.25) is 4.79 Å². The van der Waals surface area contributed by atoms with Crippen molar-refractivity contribution in [2.24, 2.45) is 0 Å². The summed E-state index contributed by atoms with van der Waals surface area (Å²) in [5.41, 5.74) is 0.943. The van der Waals surface area contributed by atoms with Crippen LogP contribution in [0.2, 0.25) is 0 Å². The molecule has 1 saturated heterocycles. The fourth-order valence-corrected chi connectivity index (χ4v) is 2.80. The van der Waals surface area contributed by atoms with Crippen molar-refractivity contribution in [2.75, 3.05) is 26.3 Å². The number of nitrogens with one attached hydrogen (secondary N) is 2. The second-order valence-corrected chi connectivity index (χ2v) is 6.27. The van der Waals surface area contributed by atoms with Crippen LogP contribution in [-0.4, -0.2) is 55.2 Å². The lowest BCUT2D eigenvalue weighted by atomic mass is 10.0. The number of morpholine rings is 1. The van der Waals surface area contributed by atoms with Gasteiger partial charge in [-0.25, -0.2) is 4.79 Å². The van der Waals surface area contributed by atoms with E-state index < -0.39 is 12.1 Å². The van der Waals surface area contributed by atoms with E-state index in [1.54, 1.807) is 4.90 Å². The lowest BCUT2D eigenvalue weighted by Gasteiger charge is -2.29. The van der Waals surface area contributed by atoms with Crippen LogP contribution in [0, 0.1) is 11.3 Å². The molecule has 1 aromatic rings. The van der Waals surface area contributed by atoms with Gasteiger partial charge in [0, 0.05) is 19.5 Å². The van der Waals surface area contributed by atoms with Crippen molar-refractivity contribution in [2.45, 2.75) is 38.3 Å². The standard InChI is InChI=1S/C19H26N4O3/c1-2-6-16(14-20)21-18(24)17(13-15-7-4-3-5-8-15)22-19(25)23-9-11-26-12-10-23/h3-5,7-8,16-17H,2,6,9-13H2,1H3,(H,21,24)(H,22,25)/t16-,17-/m0/s1. The zero-order valence-electron chi connectivity index (χ0n) is 15.1. The highest BCUT2D eigenvalue weighted by Crippen LogP contribution is 2.06. The molecule has 1 aliphatic heterocycles. The van der Waals surface area contributed by atoms with Crippen molar-refractivity contribution >= 4 is 11.9 Å². The van der Waals surface area contributed by atoms with Crippen molar-refractivity contribution in [1.29, 1.82) is 5.26 Å². The fraction of sp³-hybridized carbons (Fsp3) is 0.526. The van der Waals surface area contributed by atoms with E-state index >= 15 is 0 Å². The van der Waals surface area contributed by atoms with Crippen molar-refractivity contribution in [3.63, 3.8) is 0 Å². The number of carbonyl (C=O) groups excluding carboxylic acids is 2. The molecule has 7 nitrogen and oxygen atoms in total. The largest absolute Gasteiger partial charge is 0.378 e. The molecule has 2 N–H and O–H groups in total. The van der Waals surface area contributed by atoms with E-state index in [1.165, 1.54) is 0 Å². The summed E-state index contributed by atoms with van der Waals surface area (Å²) >= 11 is 0. The average Bonchev–Trinajstić information content (AvgIpc) is 2.68. The highest BCUT2D eigenvalue weighted by molar-refractivity contribution is 5.87. The van der Waals surface area contributed by atoms with Gasteiger partial charge in [0.05, 0.1) is 19.3 Å². The number of nitriles is 1. The first-order chi connectivity index (χ1) is 12.6. The summed E-state index contributed by atoms with van der Waals surface area (Å²) in [5.74, 6) is -0.338. The van der Waals surface area contributed by atoms with E-state index in [4.69, 9.17) is 4.74 Å². The Kier molecular flexibility index (Phi) is 7.90. The molecular formula is C19H26N4O3. The lowest BCUT2D eigenvalue weighted by Crippen LogP contribution is -2.55. The molecule has 1 heterocycles. The summed E-state index contributed by atoms with van der Waals surface area (Å²) in [7, 11) is 0. The third kappa shape index (κ3) is 6.05. The molecule has 0 aromatic heterocycles. The second kappa shape index (κ2) is 10.4. The molecule has 0 unspecified atom stereocenters. The van der Waals surface area contributed by atoms with Crippen LogP contribution in [0.25, 0.3) is 0 Å². The number of nitrogens with zero attached hydrogens (tertiary/aromatic N) is 2. The predicted octanol–water partition coefficient (Wildman–Crippen LogP) is 1.45. The minimum absolute atomic E-state index is 0.284. The third-order valence-corrected chi connectivity index (χ3v) is 4.24. The molecule has 140 valence electrons. The summed E-state index contributed by atoms with van der Waals surface area (Å²) in [6, 6.07) is 10.0. The van der Waals surface area contributed by atoms with Crippen LogP contribution in [0.15, 0.2) is 30.3 Å². The van der Waals surface area contributed by atoms with Gasteiger partial charge in [0.1, 0.15) is 12.1 Å². The SMILES string of the molecule is CCC[C@@H](C#N)NC(=O)[C@H](Cc1ccccc1)NC(=O)N1CCOCC1. The highest BCUT2D eigenvalue weighted by atomic mass is 16.5. The topological polar surface area (TPSA) is 94.5 Å². The molecule has 0 spiro atoms. The molecule has 1 aromatic carbocycles. The maximum atomic E-state index is 12.7. The Labute approximate surface area is 154 Å². The maximum Gasteiger partial charge on any atom is 0.318 e. The normalized spacial score (nSPS) is 16.2. The van der Waals surface area contributed by atoms with Gasteiger partial charge in [0.2, 0.25) is 5.91 Å². The first-order valence-corrected chi connectivity index (χ1v) is 9.01. The molecule has 0 bridgehead atoms. The molecular weight excluding hydrogens is 332 g/mol. The van der Waals surface area contributed by atoms with E-state index in [0.29, 0.717) is 39.1 Å². The van der Waals surface area contributed by atoms with Crippen LogP contribution in [0.3, 0.4) is 0 Å². The molecule has 1 aliphatic rings. The second-order valence-electron chi connectivity index (χ2n) is 6.27.